The number of hydrogen-bond donors (Lipinski definition) is 1. The van der Waals surface area contributed by atoms with E-state index in [1.807, 2.05) is 0 Å². The fraction of sp³-hybridized carbons (Fsp3) is 0.391. The van der Waals surface area contributed by atoms with Crippen LogP contribution in [0.2, 0.25) is 0 Å². The predicted molar refractivity (Wildman–Crippen MR) is 121 cm³/mol. The number of aromatic nitrogens is 1. The fourth-order valence-corrected chi connectivity index (χ4v) is 4.75. The highest BCUT2D eigenvalue weighted by molar-refractivity contribution is 7.89. The van der Waals surface area contributed by atoms with E-state index < -0.39 is 33.5 Å². The first-order valence-corrected chi connectivity index (χ1v) is 11.6. The SMILES string of the molecule is CCOC(=O)c1c(C)[nH]c(C)c1C(=O)C(C#N)C(=O)c1cc(C)c(C)c(S(=O)(=O)N(C)C)c1. The maximum atomic E-state index is 13.3. The van der Waals surface area contributed by atoms with Crippen LogP contribution in [0, 0.1) is 44.9 Å². The Bertz CT molecular complexity index is 1280. The molecule has 0 radical (unpaired) electrons. The number of rotatable bonds is 8. The van der Waals surface area contributed by atoms with Gasteiger partial charge in [0, 0.05) is 31.0 Å². The van der Waals surface area contributed by atoms with Gasteiger partial charge >= 0.3 is 5.97 Å². The lowest BCUT2D eigenvalue weighted by atomic mass is 9.88. The first kappa shape index (κ1) is 26.0. The van der Waals surface area contributed by atoms with Gasteiger partial charge in [-0.05, 0) is 57.9 Å². The molecule has 1 atom stereocenters. The number of aromatic amines is 1. The number of benzene rings is 1. The summed E-state index contributed by atoms with van der Waals surface area (Å²) in [7, 11) is -1.13. The lowest BCUT2D eigenvalue weighted by Crippen LogP contribution is -2.27. The Hall–Kier alpha value is -3.29. The first-order valence-electron chi connectivity index (χ1n) is 10.2. The van der Waals surface area contributed by atoms with Crippen molar-refractivity contribution in [2.45, 2.75) is 39.5 Å². The summed E-state index contributed by atoms with van der Waals surface area (Å²) in [5.74, 6) is -4.22. The Balaban J connectivity index is 2.62. The number of ketones is 2. The number of ether oxygens (including phenoxy) is 1. The predicted octanol–water partition coefficient (Wildman–Crippen LogP) is 2.88. The van der Waals surface area contributed by atoms with Crippen LogP contribution in [-0.4, -0.2) is 55.9 Å². The van der Waals surface area contributed by atoms with E-state index in [1.165, 1.54) is 26.2 Å². The molecule has 0 aliphatic rings. The summed E-state index contributed by atoms with van der Waals surface area (Å²) in [6.45, 7) is 8.10. The molecule has 0 spiro atoms. The molecule has 0 fully saturated rings. The third-order valence-electron chi connectivity index (χ3n) is 5.42. The number of carbonyl (C=O) groups is 3. The van der Waals surface area contributed by atoms with Crippen molar-refractivity contribution in [3.8, 4) is 6.07 Å². The number of nitrogens with one attached hydrogen (secondary N) is 1. The van der Waals surface area contributed by atoms with Crippen molar-refractivity contribution in [3.05, 3.63) is 51.3 Å². The molecule has 2 rings (SSSR count). The van der Waals surface area contributed by atoms with Crippen LogP contribution in [0.1, 0.15) is 60.5 Å². The van der Waals surface area contributed by atoms with E-state index in [9.17, 15) is 28.1 Å². The molecule has 1 aromatic carbocycles. The highest BCUT2D eigenvalue weighted by Crippen LogP contribution is 2.28. The molecule has 0 aliphatic heterocycles. The quantitative estimate of drug-likeness (QED) is 0.353. The lowest BCUT2D eigenvalue weighted by Gasteiger charge is -2.17. The monoisotopic (exact) mass is 473 g/mol. The van der Waals surface area contributed by atoms with Crippen molar-refractivity contribution in [3.63, 3.8) is 0 Å². The normalized spacial score (nSPS) is 12.3. The van der Waals surface area contributed by atoms with Gasteiger partial charge in [-0.15, -0.1) is 0 Å². The number of Topliss-reactive ketones (excluding diaryl/α,β-unsaturated/α-hetero) is 2. The molecule has 1 aromatic heterocycles. The standard InChI is InChI=1S/C23H27N3O6S/c1-8-32-23(29)20-15(5)25-14(4)19(20)22(28)17(11-24)21(27)16-9-12(2)13(3)18(10-16)33(30,31)26(6)7/h9-10,17,25H,8H2,1-7H3. The topological polar surface area (TPSA) is 137 Å². The van der Waals surface area contributed by atoms with Gasteiger partial charge in [-0.2, -0.15) is 5.26 Å². The molecule has 0 saturated heterocycles. The molecule has 10 heteroatoms. The number of nitrogens with zero attached hydrogens (tertiary/aromatic N) is 2. The minimum Gasteiger partial charge on any atom is -0.462 e. The van der Waals surface area contributed by atoms with Gasteiger partial charge in [0.15, 0.2) is 17.5 Å². The summed E-state index contributed by atoms with van der Waals surface area (Å²) < 4.78 is 31.5. The smallest absolute Gasteiger partial charge is 0.340 e. The van der Waals surface area contributed by atoms with E-state index in [4.69, 9.17) is 4.74 Å². The van der Waals surface area contributed by atoms with Crippen LogP contribution in [0.15, 0.2) is 17.0 Å². The molecular formula is C23H27N3O6S. The third-order valence-corrected chi connectivity index (χ3v) is 7.36. The van der Waals surface area contributed by atoms with Crippen LogP contribution in [0.3, 0.4) is 0 Å². The molecule has 2 aromatic rings. The van der Waals surface area contributed by atoms with Crippen LogP contribution in [0.5, 0.6) is 0 Å². The number of hydrogen-bond acceptors (Lipinski definition) is 7. The van der Waals surface area contributed by atoms with Gasteiger partial charge in [-0.25, -0.2) is 17.5 Å². The molecule has 1 N–H and O–H groups in total. The van der Waals surface area contributed by atoms with Gasteiger partial charge in [-0.3, -0.25) is 9.59 Å². The van der Waals surface area contributed by atoms with E-state index >= 15 is 0 Å². The van der Waals surface area contributed by atoms with Gasteiger partial charge < -0.3 is 9.72 Å². The Morgan fingerprint density at radius 3 is 2.15 bits per heavy atom. The molecule has 0 bridgehead atoms. The first-order chi connectivity index (χ1) is 15.3. The number of esters is 1. The zero-order valence-electron chi connectivity index (χ0n) is 19.7. The summed E-state index contributed by atoms with van der Waals surface area (Å²) >= 11 is 0. The summed E-state index contributed by atoms with van der Waals surface area (Å²) in [6.07, 6.45) is 0. The van der Waals surface area contributed by atoms with E-state index in [2.05, 4.69) is 4.98 Å². The van der Waals surface area contributed by atoms with Crippen LogP contribution in [-0.2, 0) is 14.8 Å². The van der Waals surface area contributed by atoms with E-state index in [-0.39, 0.29) is 28.2 Å². The largest absolute Gasteiger partial charge is 0.462 e. The summed E-state index contributed by atoms with van der Waals surface area (Å²) in [5.41, 5.74) is 1.49. The molecule has 1 unspecified atom stereocenters. The Labute approximate surface area is 193 Å². The van der Waals surface area contributed by atoms with Crippen molar-refractivity contribution in [1.29, 1.82) is 5.26 Å². The zero-order chi connectivity index (χ0) is 25.2. The molecule has 0 amide bonds. The second kappa shape index (κ2) is 9.68. The lowest BCUT2D eigenvalue weighted by molar-refractivity contribution is 0.0521. The Morgan fingerprint density at radius 2 is 1.64 bits per heavy atom. The maximum Gasteiger partial charge on any atom is 0.340 e. The van der Waals surface area contributed by atoms with Gasteiger partial charge in [0.1, 0.15) is 0 Å². The van der Waals surface area contributed by atoms with Gasteiger partial charge in [0.2, 0.25) is 10.0 Å². The van der Waals surface area contributed by atoms with Crippen LogP contribution in [0.4, 0.5) is 0 Å². The second-order valence-corrected chi connectivity index (χ2v) is 9.96. The molecule has 0 saturated carbocycles. The summed E-state index contributed by atoms with van der Waals surface area (Å²) in [5, 5.41) is 9.72. The van der Waals surface area contributed by atoms with E-state index in [1.54, 1.807) is 40.7 Å². The molecule has 9 nitrogen and oxygen atoms in total. The average Bonchev–Trinajstić information content (AvgIpc) is 3.03. The molecule has 0 aliphatic carbocycles. The minimum absolute atomic E-state index is 0.0247. The van der Waals surface area contributed by atoms with Crippen molar-refractivity contribution in [1.82, 2.24) is 9.29 Å². The third kappa shape index (κ3) is 4.74. The fourth-order valence-electron chi connectivity index (χ4n) is 3.53. The maximum absolute atomic E-state index is 13.3. The number of sulfonamides is 1. The van der Waals surface area contributed by atoms with Crippen LogP contribution in [0.25, 0.3) is 0 Å². The average molecular weight is 474 g/mol. The van der Waals surface area contributed by atoms with Gasteiger partial charge in [-0.1, -0.05) is 0 Å². The van der Waals surface area contributed by atoms with Crippen molar-refractivity contribution < 1.29 is 27.5 Å². The minimum atomic E-state index is -3.87. The number of aryl methyl sites for hydroxylation is 3. The van der Waals surface area contributed by atoms with E-state index in [0.29, 0.717) is 22.5 Å². The Morgan fingerprint density at radius 1 is 1.06 bits per heavy atom. The van der Waals surface area contributed by atoms with Crippen molar-refractivity contribution >= 4 is 27.6 Å². The van der Waals surface area contributed by atoms with Crippen molar-refractivity contribution in [2.75, 3.05) is 20.7 Å². The number of nitriles is 1. The second-order valence-electron chi connectivity index (χ2n) is 7.84. The van der Waals surface area contributed by atoms with Gasteiger partial charge in [0.05, 0.1) is 28.7 Å². The van der Waals surface area contributed by atoms with Crippen LogP contribution < -0.4 is 0 Å². The number of carbonyl (C=O) groups excluding carboxylic acids is 3. The summed E-state index contributed by atoms with van der Waals surface area (Å²) in [4.78, 5) is 41.8. The van der Waals surface area contributed by atoms with Crippen molar-refractivity contribution in [2.24, 2.45) is 5.92 Å². The Kier molecular flexibility index (Phi) is 7.62. The molecule has 1 heterocycles. The highest BCUT2D eigenvalue weighted by atomic mass is 32.2. The van der Waals surface area contributed by atoms with Crippen LogP contribution >= 0.6 is 0 Å². The molecule has 176 valence electrons. The zero-order valence-corrected chi connectivity index (χ0v) is 20.5. The summed E-state index contributed by atoms with van der Waals surface area (Å²) in [6, 6.07) is 4.35. The van der Waals surface area contributed by atoms with Gasteiger partial charge in [0.25, 0.3) is 0 Å². The highest BCUT2D eigenvalue weighted by Gasteiger charge is 2.35. The number of H-pyrrole nitrogens is 1. The van der Waals surface area contributed by atoms with E-state index in [0.717, 1.165) is 4.31 Å². The molecule has 33 heavy (non-hydrogen) atoms. The molecular weight excluding hydrogens is 446 g/mol.